The van der Waals surface area contributed by atoms with E-state index < -0.39 is 18.2 Å². The van der Waals surface area contributed by atoms with E-state index in [0.29, 0.717) is 12.8 Å². The van der Waals surface area contributed by atoms with E-state index in [9.17, 15) is 9.59 Å². The molecule has 0 N–H and O–H groups in total. The van der Waals surface area contributed by atoms with E-state index in [1.807, 2.05) is 6.92 Å². The van der Waals surface area contributed by atoms with Crippen LogP contribution in [0.4, 0.5) is 0 Å². The van der Waals surface area contributed by atoms with Gasteiger partial charge in [0, 0.05) is 6.42 Å². The Balaban J connectivity index is 1.96. The van der Waals surface area contributed by atoms with E-state index in [2.05, 4.69) is 0 Å². The second-order valence-corrected chi connectivity index (χ2v) is 3.98. The molecule has 0 bridgehead atoms. The third-order valence-corrected chi connectivity index (χ3v) is 2.45. The number of carbonyl (C=O) groups excluding carboxylic acids is 2. The summed E-state index contributed by atoms with van der Waals surface area (Å²) in [4.78, 5) is 23.5. The van der Waals surface area contributed by atoms with Gasteiger partial charge in [-0.2, -0.15) is 0 Å². The monoisotopic (exact) mass is 278 g/mol. The Morgan fingerprint density at radius 1 is 1.05 bits per heavy atom. The summed E-state index contributed by atoms with van der Waals surface area (Å²) >= 11 is 0. The fourth-order valence-electron chi connectivity index (χ4n) is 1.52. The van der Waals surface area contributed by atoms with Gasteiger partial charge in [-0.15, -0.1) is 0 Å². The average Bonchev–Trinajstić information content (AvgIpc) is 3.12. The van der Waals surface area contributed by atoms with Crippen molar-refractivity contribution in [1.29, 1.82) is 0 Å². The fourth-order valence-corrected chi connectivity index (χ4v) is 1.52. The third kappa shape index (κ3) is 3.50. The van der Waals surface area contributed by atoms with Gasteiger partial charge in [-0.1, -0.05) is 6.92 Å². The molecule has 0 aliphatic heterocycles. The van der Waals surface area contributed by atoms with Crippen molar-refractivity contribution >= 4 is 11.9 Å². The summed E-state index contributed by atoms with van der Waals surface area (Å²) in [5.74, 6) is -1.25. The third-order valence-electron chi connectivity index (χ3n) is 2.45. The summed E-state index contributed by atoms with van der Waals surface area (Å²) in [6, 6.07) is 6.08. The molecule has 0 atom stereocenters. The molecule has 20 heavy (non-hydrogen) atoms. The molecule has 0 aliphatic rings. The van der Waals surface area contributed by atoms with E-state index >= 15 is 0 Å². The van der Waals surface area contributed by atoms with Crippen molar-refractivity contribution in [2.45, 2.75) is 26.1 Å². The second-order valence-electron chi connectivity index (χ2n) is 3.98. The molecule has 0 aromatic carbocycles. The molecular formula is C14H14O6. The molecule has 6 heteroatoms. The highest BCUT2D eigenvalue weighted by Gasteiger charge is 2.22. The smallest absolute Gasteiger partial charge is 0.377 e. The van der Waals surface area contributed by atoms with E-state index in [-0.39, 0.29) is 11.5 Å². The molecule has 0 saturated carbocycles. The van der Waals surface area contributed by atoms with Crippen molar-refractivity contribution in [3.05, 3.63) is 48.3 Å². The molecule has 2 heterocycles. The topological polar surface area (TPSA) is 78.9 Å². The molecule has 0 fully saturated rings. The van der Waals surface area contributed by atoms with Crippen molar-refractivity contribution in [1.82, 2.24) is 0 Å². The molecule has 0 amide bonds. The summed E-state index contributed by atoms with van der Waals surface area (Å²) < 4.78 is 20.0. The first-order valence-electron chi connectivity index (χ1n) is 6.19. The van der Waals surface area contributed by atoms with Crippen molar-refractivity contribution in [3.63, 3.8) is 0 Å². The number of esters is 2. The van der Waals surface area contributed by atoms with Gasteiger partial charge in [0.05, 0.1) is 12.5 Å². The summed E-state index contributed by atoms with van der Waals surface area (Å²) in [6.45, 7) is 1.88. The Morgan fingerprint density at radius 2 is 1.55 bits per heavy atom. The van der Waals surface area contributed by atoms with Gasteiger partial charge in [-0.05, 0) is 30.7 Å². The number of hydrogen-bond donors (Lipinski definition) is 0. The lowest BCUT2D eigenvalue weighted by molar-refractivity contribution is -0.0857. The van der Waals surface area contributed by atoms with Gasteiger partial charge in [0.2, 0.25) is 17.8 Å². The van der Waals surface area contributed by atoms with Crippen LogP contribution in [0, 0.1) is 0 Å². The van der Waals surface area contributed by atoms with Gasteiger partial charge in [-0.3, -0.25) is 0 Å². The Labute approximate surface area is 115 Å². The zero-order valence-electron chi connectivity index (χ0n) is 10.9. The maximum Gasteiger partial charge on any atom is 0.377 e. The molecule has 106 valence electrons. The van der Waals surface area contributed by atoms with Gasteiger partial charge >= 0.3 is 11.9 Å². The first-order valence-corrected chi connectivity index (χ1v) is 6.19. The Bertz CT molecular complexity index is 492. The number of rotatable bonds is 6. The Hall–Kier alpha value is -2.50. The van der Waals surface area contributed by atoms with Crippen LogP contribution in [-0.4, -0.2) is 18.2 Å². The van der Waals surface area contributed by atoms with Crippen LogP contribution in [0.15, 0.2) is 45.6 Å². The zero-order valence-corrected chi connectivity index (χ0v) is 10.9. The highest BCUT2D eigenvalue weighted by atomic mass is 16.7. The second kappa shape index (κ2) is 6.60. The van der Waals surface area contributed by atoms with Crippen LogP contribution in [0.1, 0.15) is 40.9 Å². The molecule has 2 aromatic heterocycles. The lowest BCUT2D eigenvalue weighted by Crippen LogP contribution is -2.24. The number of carbonyl (C=O) groups is 2. The number of furan rings is 2. The van der Waals surface area contributed by atoms with Crippen LogP contribution in [0.3, 0.4) is 0 Å². The van der Waals surface area contributed by atoms with E-state index in [1.165, 1.54) is 24.7 Å². The molecule has 2 rings (SSSR count). The van der Waals surface area contributed by atoms with Gasteiger partial charge in [0.25, 0.3) is 0 Å². The van der Waals surface area contributed by atoms with Crippen LogP contribution in [0.25, 0.3) is 0 Å². The van der Waals surface area contributed by atoms with Crippen LogP contribution >= 0.6 is 0 Å². The van der Waals surface area contributed by atoms with E-state index in [0.717, 1.165) is 0 Å². The lowest BCUT2D eigenvalue weighted by Gasteiger charge is -2.16. The Morgan fingerprint density at radius 3 is 1.90 bits per heavy atom. The molecule has 6 nitrogen and oxygen atoms in total. The quantitative estimate of drug-likeness (QED) is 0.597. The molecule has 0 unspecified atom stereocenters. The van der Waals surface area contributed by atoms with Crippen molar-refractivity contribution in [2.24, 2.45) is 0 Å². The minimum absolute atomic E-state index is 0.0557. The molecule has 2 aromatic rings. The molecule has 0 aliphatic carbocycles. The first-order chi connectivity index (χ1) is 9.70. The highest BCUT2D eigenvalue weighted by molar-refractivity contribution is 5.87. The molecule has 0 radical (unpaired) electrons. The molecule has 0 spiro atoms. The van der Waals surface area contributed by atoms with E-state index in [4.69, 9.17) is 18.3 Å². The van der Waals surface area contributed by atoms with E-state index in [1.54, 1.807) is 12.1 Å². The number of hydrogen-bond acceptors (Lipinski definition) is 6. The fraction of sp³-hybridized carbons (Fsp3) is 0.286. The molecular weight excluding hydrogens is 264 g/mol. The van der Waals surface area contributed by atoms with Gasteiger partial charge in [0.15, 0.2) is 0 Å². The minimum Gasteiger partial charge on any atom is -0.457 e. The van der Waals surface area contributed by atoms with Gasteiger partial charge < -0.3 is 18.3 Å². The standard InChI is InChI=1S/C14H14O6/c1-2-5-12(19-13(15)10-6-3-8-17-10)20-14(16)11-7-4-9-18-11/h3-4,6-9,12H,2,5H2,1H3. The average molecular weight is 278 g/mol. The lowest BCUT2D eigenvalue weighted by atomic mass is 10.3. The summed E-state index contributed by atoms with van der Waals surface area (Å²) in [7, 11) is 0. The Kier molecular flexibility index (Phi) is 4.60. The van der Waals surface area contributed by atoms with Crippen LogP contribution in [-0.2, 0) is 9.47 Å². The van der Waals surface area contributed by atoms with Gasteiger partial charge in [-0.25, -0.2) is 9.59 Å². The maximum atomic E-state index is 11.7. The van der Waals surface area contributed by atoms with Crippen LogP contribution in [0.5, 0.6) is 0 Å². The summed E-state index contributed by atoms with van der Waals surface area (Å²) in [5, 5.41) is 0. The maximum absolute atomic E-state index is 11.7. The summed E-state index contributed by atoms with van der Waals surface area (Å²) in [6.07, 6.45) is 2.82. The zero-order chi connectivity index (χ0) is 14.4. The predicted octanol–water partition coefficient (Wildman–Crippen LogP) is 3.01. The SMILES string of the molecule is CCCC(OC(=O)c1ccco1)OC(=O)c1ccco1. The van der Waals surface area contributed by atoms with Crippen molar-refractivity contribution in [2.75, 3.05) is 0 Å². The van der Waals surface area contributed by atoms with Crippen LogP contribution < -0.4 is 0 Å². The normalized spacial score (nSPS) is 10.5. The number of ether oxygens (including phenoxy) is 2. The van der Waals surface area contributed by atoms with Crippen molar-refractivity contribution in [3.8, 4) is 0 Å². The molecule has 0 saturated heterocycles. The van der Waals surface area contributed by atoms with Crippen LogP contribution in [0.2, 0.25) is 0 Å². The highest BCUT2D eigenvalue weighted by Crippen LogP contribution is 2.12. The van der Waals surface area contributed by atoms with Gasteiger partial charge in [0.1, 0.15) is 0 Å². The summed E-state index contributed by atoms with van der Waals surface area (Å²) in [5.41, 5.74) is 0. The predicted molar refractivity (Wildman–Crippen MR) is 66.9 cm³/mol. The largest absolute Gasteiger partial charge is 0.457 e. The first kappa shape index (κ1) is 13.9. The minimum atomic E-state index is -0.977. The van der Waals surface area contributed by atoms with Crippen molar-refractivity contribution < 1.29 is 27.9 Å².